The van der Waals surface area contributed by atoms with Crippen LogP contribution in [0.25, 0.3) is 0 Å². The van der Waals surface area contributed by atoms with Crippen molar-refractivity contribution < 1.29 is 9.53 Å². The number of esters is 1. The highest BCUT2D eigenvalue weighted by atomic mass is 16.5. The molecule has 0 bridgehead atoms. The Morgan fingerprint density at radius 3 is 2.67 bits per heavy atom. The van der Waals surface area contributed by atoms with Crippen molar-refractivity contribution in [3.8, 4) is 0 Å². The molecule has 0 unspecified atom stereocenters. The molecule has 0 saturated heterocycles. The third-order valence-electron chi connectivity index (χ3n) is 2.47. The first kappa shape index (κ1) is 11.7. The summed E-state index contributed by atoms with van der Waals surface area (Å²) in [4.78, 5) is 15.5. The summed E-state index contributed by atoms with van der Waals surface area (Å²) in [7, 11) is 1.77. The van der Waals surface area contributed by atoms with E-state index in [-0.39, 0.29) is 18.5 Å². The summed E-state index contributed by atoms with van der Waals surface area (Å²) in [6.45, 7) is 4.17. The molecule has 0 radical (unpaired) electrons. The molecule has 1 heterocycles. The molecule has 0 aliphatic carbocycles. The Labute approximate surface area is 89.5 Å². The summed E-state index contributed by atoms with van der Waals surface area (Å²) in [5, 5.41) is 3.89. The molecule has 0 aromatic carbocycles. The van der Waals surface area contributed by atoms with E-state index in [0.717, 1.165) is 12.8 Å². The van der Waals surface area contributed by atoms with Crippen LogP contribution < -0.4 is 0 Å². The minimum atomic E-state index is -0.150. The predicted octanol–water partition coefficient (Wildman–Crippen LogP) is 1.29. The molecule has 84 valence electrons. The Kier molecular flexibility index (Phi) is 4.27. The lowest BCUT2D eigenvalue weighted by molar-refractivity contribution is -0.150. The van der Waals surface area contributed by atoms with Gasteiger partial charge in [0.05, 0.1) is 5.92 Å². The standard InChI is InChI=1S/C10H17N3O2/c1-4-8(5-2)10(14)15-6-9-11-7-12-13(9)3/h7-8H,4-6H2,1-3H3. The summed E-state index contributed by atoms with van der Waals surface area (Å²) >= 11 is 0. The number of carbonyl (C=O) groups is 1. The minimum absolute atomic E-state index is 0.00164. The molecule has 5 heteroatoms. The minimum Gasteiger partial charge on any atom is -0.457 e. The van der Waals surface area contributed by atoms with Crippen LogP contribution in [0.15, 0.2) is 6.33 Å². The van der Waals surface area contributed by atoms with Crippen molar-refractivity contribution in [1.29, 1.82) is 0 Å². The smallest absolute Gasteiger partial charge is 0.309 e. The van der Waals surface area contributed by atoms with Crippen LogP contribution in [0.2, 0.25) is 0 Å². The zero-order valence-electron chi connectivity index (χ0n) is 9.43. The van der Waals surface area contributed by atoms with E-state index in [2.05, 4.69) is 10.1 Å². The van der Waals surface area contributed by atoms with Gasteiger partial charge in [0.25, 0.3) is 0 Å². The lowest BCUT2D eigenvalue weighted by atomic mass is 10.0. The fourth-order valence-corrected chi connectivity index (χ4v) is 1.33. The first-order valence-electron chi connectivity index (χ1n) is 5.18. The van der Waals surface area contributed by atoms with Crippen molar-refractivity contribution in [3.05, 3.63) is 12.2 Å². The van der Waals surface area contributed by atoms with E-state index in [1.165, 1.54) is 6.33 Å². The first-order valence-corrected chi connectivity index (χ1v) is 5.18. The molecule has 5 nitrogen and oxygen atoms in total. The maximum Gasteiger partial charge on any atom is 0.309 e. The van der Waals surface area contributed by atoms with E-state index in [0.29, 0.717) is 5.82 Å². The quantitative estimate of drug-likeness (QED) is 0.689. The molecule has 1 aromatic heterocycles. The van der Waals surface area contributed by atoms with Crippen LogP contribution >= 0.6 is 0 Å². The van der Waals surface area contributed by atoms with Crippen LogP contribution in [0.4, 0.5) is 0 Å². The number of aryl methyl sites for hydroxylation is 1. The average molecular weight is 211 g/mol. The Morgan fingerprint density at radius 2 is 2.20 bits per heavy atom. The van der Waals surface area contributed by atoms with Gasteiger partial charge in [-0.05, 0) is 12.8 Å². The number of rotatable bonds is 5. The monoisotopic (exact) mass is 211 g/mol. The molecular formula is C10H17N3O2. The SMILES string of the molecule is CCC(CC)C(=O)OCc1ncnn1C. The molecular weight excluding hydrogens is 194 g/mol. The maximum atomic E-state index is 11.5. The molecule has 0 atom stereocenters. The molecule has 0 amide bonds. The third-order valence-corrected chi connectivity index (χ3v) is 2.47. The van der Waals surface area contributed by atoms with Crippen LogP contribution in [-0.2, 0) is 23.2 Å². The maximum absolute atomic E-state index is 11.5. The van der Waals surface area contributed by atoms with Crippen molar-refractivity contribution in [1.82, 2.24) is 14.8 Å². The molecule has 1 aromatic rings. The highest BCUT2D eigenvalue weighted by Gasteiger charge is 2.16. The van der Waals surface area contributed by atoms with Gasteiger partial charge in [0.2, 0.25) is 0 Å². The normalized spacial score (nSPS) is 10.7. The number of aromatic nitrogens is 3. The third kappa shape index (κ3) is 3.04. The Morgan fingerprint density at radius 1 is 1.53 bits per heavy atom. The molecule has 15 heavy (non-hydrogen) atoms. The molecule has 0 aliphatic heterocycles. The highest BCUT2D eigenvalue weighted by Crippen LogP contribution is 2.10. The number of hydrogen-bond donors (Lipinski definition) is 0. The van der Waals surface area contributed by atoms with E-state index >= 15 is 0 Å². The lowest BCUT2D eigenvalue weighted by Crippen LogP contribution is -2.17. The largest absolute Gasteiger partial charge is 0.457 e. The Hall–Kier alpha value is -1.39. The van der Waals surface area contributed by atoms with Crippen LogP contribution in [0.1, 0.15) is 32.5 Å². The van der Waals surface area contributed by atoms with Crippen molar-refractivity contribution in [3.63, 3.8) is 0 Å². The highest BCUT2D eigenvalue weighted by molar-refractivity contribution is 5.72. The van der Waals surface area contributed by atoms with Crippen molar-refractivity contribution in [2.75, 3.05) is 0 Å². The summed E-state index contributed by atoms with van der Waals surface area (Å²) in [5.74, 6) is 0.510. The fourth-order valence-electron chi connectivity index (χ4n) is 1.33. The molecule has 1 rings (SSSR count). The van der Waals surface area contributed by atoms with Gasteiger partial charge in [0, 0.05) is 7.05 Å². The number of carbonyl (C=O) groups excluding carboxylic acids is 1. The van der Waals surface area contributed by atoms with Gasteiger partial charge in [-0.3, -0.25) is 9.48 Å². The van der Waals surface area contributed by atoms with Gasteiger partial charge < -0.3 is 4.74 Å². The van der Waals surface area contributed by atoms with E-state index in [1.807, 2.05) is 13.8 Å². The zero-order valence-corrected chi connectivity index (χ0v) is 9.43. The van der Waals surface area contributed by atoms with Gasteiger partial charge >= 0.3 is 5.97 Å². The number of ether oxygens (including phenoxy) is 1. The van der Waals surface area contributed by atoms with E-state index in [9.17, 15) is 4.79 Å². The van der Waals surface area contributed by atoms with Crippen molar-refractivity contribution in [2.24, 2.45) is 13.0 Å². The van der Waals surface area contributed by atoms with Crippen LogP contribution in [-0.4, -0.2) is 20.7 Å². The topological polar surface area (TPSA) is 57.0 Å². The predicted molar refractivity (Wildman–Crippen MR) is 54.9 cm³/mol. The van der Waals surface area contributed by atoms with E-state index < -0.39 is 0 Å². The second-order valence-corrected chi connectivity index (χ2v) is 3.42. The second-order valence-electron chi connectivity index (χ2n) is 3.42. The molecule has 0 saturated carbocycles. The zero-order chi connectivity index (χ0) is 11.3. The lowest BCUT2D eigenvalue weighted by Gasteiger charge is -2.11. The molecule has 0 aliphatic rings. The summed E-state index contributed by atoms with van der Waals surface area (Å²) in [6, 6.07) is 0. The summed E-state index contributed by atoms with van der Waals surface area (Å²) < 4.78 is 6.75. The molecule has 0 fully saturated rings. The fraction of sp³-hybridized carbons (Fsp3) is 0.700. The number of hydrogen-bond acceptors (Lipinski definition) is 4. The molecule has 0 spiro atoms. The second kappa shape index (κ2) is 5.48. The summed E-state index contributed by atoms with van der Waals surface area (Å²) in [6.07, 6.45) is 3.07. The Bertz CT molecular complexity index is 318. The van der Waals surface area contributed by atoms with Gasteiger partial charge in [-0.2, -0.15) is 5.10 Å². The van der Waals surface area contributed by atoms with Gasteiger partial charge in [-0.25, -0.2) is 4.98 Å². The van der Waals surface area contributed by atoms with E-state index in [1.54, 1.807) is 11.7 Å². The molecule has 0 N–H and O–H groups in total. The van der Waals surface area contributed by atoms with E-state index in [4.69, 9.17) is 4.74 Å². The summed E-state index contributed by atoms with van der Waals surface area (Å²) in [5.41, 5.74) is 0. The van der Waals surface area contributed by atoms with Crippen LogP contribution in [0.5, 0.6) is 0 Å². The van der Waals surface area contributed by atoms with Gasteiger partial charge in [0.15, 0.2) is 12.4 Å². The number of nitrogens with zero attached hydrogens (tertiary/aromatic N) is 3. The van der Waals surface area contributed by atoms with Gasteiger partial charge in [-0.1, -0.05) is 13.8 Å². The van der Waals surface area contributed by atoms with Gasteiger partial charge in [0.1, 0.15) is 6.33 Å². The van der Waals surface area contributed by atoms with Crippen molar-refractivity contribution in [2.45, 2.75) is 33.3 Å². The average Bonchev–Trinajstić information content (AvgIpc) is 2.63. The Balaban J connectivity index is 2.43. The first-order chi connectivity index (χ1) is 7.19. The van der Waals surface area contributed by atoms with Crippen molar-refractivity contribution >= 4 is 5.97 Å². The van der Waals surface area contributed by atoms with Gasteiger partial charge in [-0.15, -0.1) is 0 Å². The van der Waals surface area contributed by atoms with Crippen LogP contribution in [0.3, 0.4) is 0 Å². The van der Waals surface area contributed by atoms with Crippen LogP contribution in [0, 0.1) is 5.92 Å².